The van der Waals surface area contributed by atoms with Crippen molar-refractivity contribution in [1.82, 2.24) is 4.90 Å². The first-order chi connectivity index (χ1) is 14.0. The van der Waals surface area contributed by atoms with Gasteiger partial charge in [0, 0.05) is 25.0 Å². The predicted octanol–water partition coefficient (Wildman–Crippen LogP) is 4.88. The largest absolute Gasteiger partial charge is 0.493 e. The van der Waals surface area contributed by atoms with E-state index in [1.807, 2.05) is 6.07 Å². The quantitative estimate of drug-likeness (QED) is 0.783. The summed E-state index contributed by atoms with van der Waals surface area (Å²) in [5.74, 6) is 1.75. The van der Waals surface area contributed by atoms with Crippen molar-refractivity contribution in [3.8, 4) is 11.5 Å². The molecule has 4 rings (SSSR count). The highest BCUT2D eigenvalue weighted by molar-refractivity contribution is 5.44. The lowest BCUT2D eigenvalue weighted by atomic mass is 9.66. The van der Waals surface area contributed by atoms with Crippen molar-refractivity contribution in [2.45, 2.75) is 57.2 Å². The van der Waals surface area contributed by atoms with Crippen LogP contribution in [0, 0.1) is 12.8 Å². The summed E-state index contributed by atoms with van der Waals surface area (Å²) in [5, 5.41) is 11.5. The van der Waals surface area contributed by atoms with E-state index in [9.17, 15) is 5.11 Å². The summed E-state index contributed by atoms with van der Waals surface area (Å²) < 4.78 is 11.0. The van der Waals surface area contributed by atoms with E-state index >= 15 is 0 Å². The van der Waals surface area contributed by atoms with Crippen LogP contribution in [0.5, 0.6) is 11.5 Å². The van der Waals surface area contributed by atoms with E-state index in [4.69, 9.17) is 9.47 Å². The third-order valence-electron chi connectivity index (χ3n) is 6.93. The van der Waals surface area contributed by atoms with Crippen LogP contribution < -0.4 is 9.47 Å². The number of hydrogen-bond acceptors (Lipinski definition) is 4. The molecule has 1 aliphatic heterocycles. The SMILES string of the molecule is COc1ccc([C@H]2[C@@H]3CCCC[C@@]3(O)CCN2Cc2ccc(C)cc2)cc1OC. The summed E-state index contributed by atoms with van der Waals surface area (Å²) in [6.45, 7) is 3.92. The van der Waals surface area contributed by atoms with Gasteiger partial charge in [-0.1, -0.05) is 48.7 Å². The van der Waals surface area contributed by atoms with Crippen molar-refractivity contribution < 1.29 is 14.6 Å². The molecule has 3 atom stereocenters. The summed E-state index contributed by atoms with van der Waals surface area (Å²) in [7, 11) is 3.35. The molecule has 156 valence electrons. The van der Waals surface area contributed by atoms with Gasteiger partial charge in [-0.3, -0.25) is 4.90 Å². The molecule has 0 amide bonds. The Hall–Kier alpha value is -2.04. The van der Waals surface area contributed by atoms with Crippen LogP contribution in [0.15, 0.2) is 42.5 Å². The van der Waals surface area contributed by atoms with Gasteiger partial charge in [-0.25, -0.2) is 0 Å². The van der Waals surface area contributed by atoms with Gasteiger partial charge in [-0.15, -0.1) is 0 Å². The van der Waals surface area contributed by atoms with Crippen molar-refractivity contribution in [3.63, 3.8) is 0 Å². The van der Waals surface area contributed by atoms with Crippen molar-refractivity contribution in [2.75, 3.05) is 20.8 Å². The van der Waals surface area contributed by atoms with Gasteiger partial charge in [-0.2, -0.15) is 0 Å². The number of aryl methyl sites for hydroxylation is 1. The van der Waals surface area contributed by atoms with E-state index in [1.165, 1.54) is 23.1 Å². The van der Waals surface area contributed by atoms with Gasteiger partial charge in [0.05, 0.1) is 19.8 Å². The first-order valence-corrected chi connectivity index (χ1v) is 10.8. The van der Waals surface area contributed by atoms with Crippen molar-refractivity contribution in [1.29, 1.82) is 0 Å². The highest BCUT2D eigenvalue weighted by Crippen LogP contribution is 2.50. The second-order valence-electron chi connectivity index (χ2n) is 8.72. The molecule has 29 heavy (non-hydrogen) atoms. The third-order valence-corrected chi connectivity index (χ3v) is 6.93. The minimum Gasteiger partial charge on any atom is -0.493 e. The molecule has 2 aromatic rings. The summed E-state index contributed by atoms with van der Waals surface area (Å²) in [4.78, 5) is 2.55. The van der Waals surface area contributed by atoms with Crippen molar-refractivity contribution in [3.05, 3.63) is 59.2 Å². The standard InChI is InChI=1S/C25H33NO3/c1-18-7-9-19(10-8-18)17-26-15-14-25(27)13-5-4-6-21(25)24(26)20-11-12-22(28-2)23(16-20)29-3/h7-12,16,21,24,27H,4-6,13-15,17H2,1-3H3/t21-,24-,25+/m0/s1. The van der Waals surface area contributed by atoms with Gasteiger partial charge in [-0.05, 0) is 49.4 Å². The normalized spacial score (nSPS) is 27.3. The zero-order chi connectivity index (χ0) is 20.4. The van der Waals surface area contributed by atoms with Gasteiger partial charge in [0.25, 0.3) is 0 Å². The van der Waals surface area contributed by atoms with Gasteiger partial charge in [0.1, 0.15) is 0 Å². The maximum atomic E-state index is 11.5. The molecule has 1 saturated heterocycles. The lowest BCUT2D eigenvalue weighted by Gasteiger charge is -2.53. The highest BCUT2D eigenvalue weighted by atomic mass is 16.5. The molecular weight excluding hydrogens is 362 g/mol. The fourth-order valence-electron chi connectivity index (χ4n) is 5.33. The monoisotopic (exact) mass is 395 g/mol. The lowest BCUT2D eigenvalue weighted by Crippen LogP contribution is -2.54. The Balaban J connectivity index is 1.71. The fraction of sp³-hybridized carbons (Fsp3) is 0.520. The molecule has 4 nitrogen and oxygen atoms in total. The Labute approximate surface area is 174 Å². The number of hydrogen-bond donors (Lipinski definition) is 1. The number of aliphatic hydroxyl groups is 1. The molecule has 0 radical (unpaired) electrons. The third kappa shape index (κ3) is 4.01. The molecule has 0 unspecified atom stereocenters. The number of piperidine rings is 1. The maximum absolute atomic E-state index is 11.5. The summed E-state index contributed by atoms with van der Waals surface area (Å²) in [6.07, 6.45) is 5.16. The second-order valence-corrected chi connectivity index (χ2v) is 8.72. The first kappa shape index (κ1) is 20.2. The molecule has 1 N–H and O–H groups in total. The van der Waals surface area contributed by atoms with E-state index in [2.05, 4.69) is 48.2 Å². The van der Waals surface area contributed by atoms with Crippen molar-refractivity contribution in [2.24, 2.45) is 5.92 Å². The van der Waals surface area contributed by atoms with E-state index in [0.29, 0.717) is 0 Å². The number of likely N-dealkylation sites (tertiary alicyclic amines) is 1. The number of ether oxygens (including phenoxy) is 2. The van der Waals surface area contributed by atoms with E-state index in [-0.39, 0.29) is 12.0 Å². The summed E-state index contributed by atoms with van der Waals surface area (Å²) >= 11 is 0. The Morgan fingerprint density at radius 2 is 1.76 bits per heavy atom. The Bertz CT molecular complexity index is 834. The van der Waals surface area contributed by atoms with Gasteiger partial charge < -0.3 is 14.6 Å². The Kier molecular flexibility index (Phi) is 5.84. The van der Waals surface area contributed by atoms with Crippen molar-refractivity contribution >= 4 is 0 Å². The molecule has 2 aromatic carbocycles. The van der Waals surface area contributed by atoms with E-state index in [0.717, 1.165) is 50.3 Å². The molecule has 1 heterocycles. The van der Waals surface area contributed by atoms with Gasteiger partial charge in [0.15, 0.2) is 11.5 Å². The zero-order valence-electron chi connectivity index (χ0n) is 17.9. The molecule has 2 aliphatic rings. The fourth-order valence-corrected chi connectivity index (χ4v) is 5.33. The number of methoxy groups -OCH3 is 2. The lowest BCUT2D eigenvalue weighted by molar-refractivity contribution is -0.126. The maximum Gasteiger partial charge on any atom is 0.161 e. The van der Waals surface area contributed by atoms with Crippen LogP contribution in [0.4, 0.5) is 0 Å². The minimum absolute atomic E-state index is 0.176. The molecule has 4 heteroatoms. The number of fused-ring (bicyclic) bond motifs is 1. The minimum atomic E-state index is -0.556. The molecule has 0 bridgehead atoms. The van der Waals surface area contributed by atoms with Crippen LogP contribution >= 0.6 is 0 Å². The van der Waals surface area contributed by atoms with Gasteiger partial charge >= 0.3 is 0 Å². The zero-order valence-corrected chi connectivity index (χ0v) is 17.9. The van der Waals surface area contributed by atoms with E-state index in [1.54, 1.807) is 14.2 Å². The summed E-state index contributed by atoms with van der Waals surface area (Å²) in [5.41, 5.74) is 3.26. The molecule has 0 spiro atoms. The van der Waals surface area contributed by atoms with Crippen LogP contribution in [0.25, 0.3) is 0 Å². The number of rotatable bonds is 5. The van der Waals surface area contributed by atoms with Crippen LogP contribution in [0.3, 0.4) is 0 Å². The van der Waals surface area contributed by atoms with Crippen LogP contribution in [-0.4, -0.2) is 36.4 Å². The van der Waals surface area contributed by atoms with Gasteiger partial charge in [0.2, 0.25) is 0 Å². The molecule has 2 fully saturated rings. The summed E-state index contributed by atoms with van der Waals surface area (Å²) in [6, 6.07) is 15.2. The molecule has 1 saturated carbocycles. The van der Waals surface area contributed by atoms with Crippen LogP contribution in [-0.2, 0) is 6.54 Å². The number of nitrogens with zero attached hydrogens (tertiary/aromatic N) is 1. The molecular formula is C25H33NO3. The Morgan fingerprint density at radius 3 is 2.48 bits per heavy atom. The average molecular weight is 396 g/mol. The van der Waals surface area contributed by atoms with E-state index < -0.39 is 5.60 Å². The highest BCUT2D eigenvalue weighted by Gasteiger charge is 2.48. The predicted molar refractivity (Wildman–Crippen MR) is 115 cm³/mol. The van der Waals surface area contributed by atoms with Crippen LogP contribution in [0.1, 0.15) is 54.8 Å². The Morgan fingerprint density at radius 1 is 1.00 bits per heavy atom. The smallest absolute Gasteiger partial charge is 0.161 e. The first-order valence-electron chi connectivity index (χ1n) is 10.8. The number of benzene rings is 2. The van der Waals surface area contributed by atoms with Crippen LogP contribution in [0.2, 0.25) is 0 Å². The second kappa shape index (κ2) is 8.37. The topological polar surface area (TPSA) is 41.9 Å². The average Bonchev–Trinajstić information content (AvgIpc) is 2.74. The molecule has 1 aliphatic carbocycles. The molecule has 0 aromatic heterocycles.